The normalized spacial score (nSPS) is 7.29. The van der Waals surface area contributed by atoms with Crippen LogP contribution in [0.5, 0.6) is 0 Å². The molecule has 0 spiro atoms. The Balaban J connectivity index is 3.74. The van der Waals surface area contributed by atoms with Crippen molar-refractivity contribution in [1.82, 2.24) is 0 Å². The van der Waals surface area contributed by atoms with Crippen LogP contribution in [0.1, 0.15) is 20.3 Å². The Bertz CT molecular complexity index is 96.7. The van der Waals surface area contributed by atoms with Crippen molar-refractivity contribution in [2.45, 2.75) is 20.3 Å². The maximum absolute atomic E-state index is 3.13. The van der Waals surface area contributed by atoms with Gasteiger partial charge in [0, 0.05) is 4.99 Å². The first-order valence-corrected chi connectivity index (χ1v) is 3.23. The summed E-state index contributed by atoms with van der Waals surface area (Å²) in [4.78, 5) is 1.76. The van der Waals surface area contributed by atoms with Crippen LogP contribution >= 0.6 is 15.9 Å². The summed E-state index contributed by atoms with van der Waals surface area (Å²) in [5.74, 6) is 0. The van der Waals surface area contributed by atoms with Crippen LogP contribution in [-0.2, 0) is 0 Å². The first-order valence-electron chi connectivity index (χ1n) is 2.32. The lowest BCUT2D eigenvalue weighted by Gasteiger charge is -1.81. The fourth-order valence-corrected chi connectivity index (χ4v) is 0.586. The van der Waals surface area contributed by atoms with Crippen molar-refractivity contribution in [3.05, 3.63) is 16.3 Å². The molecular formula is C6H9Br. The highest BCUT2D eigenvalue weighted by atomic mass is 79.9. The minimum absolute atomic E-state index is 1.09. The highest BCUT2D eigenvalue weighted by Gasteiger charge is 1.73. The van der Waals surface area contributed by atoms with E-state index in [1.807, 2.05) is 0 Å². The fourth-order valence-electron chi connectivity index (χ4n) is 0.195. The molecule has 0 nitrogen and oxygen atoms in total. The third-order valence-electron chi connectivity index (χ3n) is 0.831. The van der Waals surface area contributed by atoms with Crippen LogP contribution in [0.3, 0.4) is 0 Å². The first-order chi connectivity index (χ1) is 3.31. The molecule has 0 saturated carbocycles. The molecule has 0 aliphatic heterocycles. The van der Waals surface area contributed by atoms with Crippen LogP contribution in [0.2, 0.25) is 0 Å². The second kappa shape index (κ2) is 4.17. The van der Waals surface area contributed by atoms with Crippen molar-refractivity contribution in [3.8, 4) is 0 Å². The molecule has 0 unspecified atom stereocenters. The lowest BCUT2D eigenvalue weighted by Crippen LogP contribution is -1.61. The van der Waals surface area contributed by atoms with Crippen molar-refractivity contribution >= 4 is 15.9 Å². The maximum Gasteiger partial charge on any atom is 0.0231 e. The van der Waals surface area contributed by atoms with Gasteiger partial charge in [0.1, 0.15) is 0 Å². The number of rotatable bonds is 1. The molecule has 40 valence electrons. The average Bonchev–Trinajstić information content (AvgIpc) is 1.68. The summed E-state index contributed by atoms with van der Waals surface area (Å²) in [5.41, 5.74) is 4.28. The van der Waals surface area contributed by atoms with E-state index in [0.717, 1.165) is 6.42 Å². The standard InChI is InChI=1S/C6H9Br/c1-3-6(2)4-5-7/h5H,3H2,1-2H3. The molecule has 0 heterocycles. The van der Waals surface area contributed by atoms with Crippen LogP contribution < -0.4 is 0 Å². The summed E-state index contributed by atoms with van der Waals surface area (Å²) in [5, 5.41) is 0. The molecule has 0 N–H and O–H groups in total. The molecule has 0 aromatic rings. The van der Waals surface area contributed by atoms with Gasteiger partial charge in [-0.25, -0.2) is 0 Å². The molecule has 0 atom stereocenters. The maximum atomic E-state index is 3.13. The second-order valence-electron chi connectivity index (χ2n) is 1.39. The van der Waals surface area contributed by atoms with Crippen molar-refractivity contribution < 1.29 is 0 Å². The van der Waals surface area contributed by atoms with Gasteiger partial charge in [0.2, 0.25) is 0 Å². The van der Waals surface area contributed by atoms with E-state index >= 15 is 0 Å². The summed E-state index contributed by atoms with van der Waals surface area (Å²) in [6, 6.07) is 0. The molecule has 0 fully saturated rings. The molecule has 0 aliphatic carbocycles. The lowest BCUT2D eigenvalue weighted by atomic mass is 10.3. The molecule has 0 rings (SSSR count). The van der Waals surface area contributed by atoms with Gasteiger partial charge in [-0.3, -0.25) is 0 Å². The van der Waals surface area contributed by atoms with E-state index in [-0.39, 0.29) is 0 Å². The average molecular weight is 161 g/mol. The van der Waals surface area contributed by atoms with Crippen LogP contribution in [0.4, 0.5) is 0 Å². The van der Waals surface area contributed by atoms with E-state index < -0.39 is 0 Å². The van der Waals surface area contributed by atoms with Crippen LogP contribution in [0, 0.1) is 0 Å². The summed E-state index contributed by atoms with van der Waals surface area (Å²) in [6.07, 6.45) is 1.09. The first kappa shape index (κ1) is 7.00. The number of allylic oxidation sites excluding steroid dienone is 1. The predicted octanol–water partition coefficient (Wildman–Crippen LogP) is 2.85. The zero-order chi connectivity index (χ0) is 5.70. The number of hydrogen-bond donors (Lipinski definition) is 0. The van der Waals surface area contributed by atoms with Crippen molar-refractivity contribution in [2.24, 2.45) is 0 Å². The predicted molar refractivity (Wildman–Crippen MR) is 36.5 cm³/mol. The third-order valence-corrected chi connectivity index (χ3v) is 1.06. The molecule has 0 radical (unpaired) electrons. The van der Waals surface area contributed by atoms with E-state index in [1.165, 1.54) is 5.57 Å². The Labute approximate surface area is 53.1 Å². The zero-order valence-electron chi connectivity index (χ0n) is 4.66. The molecule has 0 bridgehead atoms. The van der Waals surface area contributed by atoms with E-state index in [9.17, 15) is 0 Å². The minimum Gasteiger partial charge on any atom is -0.114 e. The number of halogens is 1. The fraction of sp³-hybridized carbons (Fsp3) is 0.500. The van der Waals surface area contributed by atoms with Gasteiger partial charge < -0.3 is 0 Å². The Kier molecular flexibility index (Phi) is 4.17. The van der Waals surface area contributed by atoms with Crippen LogP contribution in [0.15, 0.2) is 16.3 Å². The molecule has 1 heteroatoms. The molecule has 0 amide bonds. The van der Waals surface area contributed by atoms with Gasteiger partial charge in [0.15, 0.2) is 0 Å². The van der Waals surface area contributed by atoms with Gasteiger partial charge in [-0.05, 0) is 18.9 Å². The molecule has 0 aromatic heterocycles. The van der Waals surface area contributed by atoms with Crippen LogP contribution in [0.25, 0.3) is 0 Å². The van der Waals surface area contributed by atoms with E-state index in [0.29, 0.717) is 0 Å². The highest BCUT2D eigenvalue weighted by Crippen LogP contribution is 1.94. The molecule has 0 aromatic carbocycles. The molecule has 0 saturated heterocycles. The topological polar surface area (TPSA) is 0 Å². The van der Waals surface area contributed by atoms with Crippen LogP contribution in [-0.4, -0.2) is 0 Å². The van der Waals surface area contributed by atoms with Gasteiger partial charge in [-0.2, -0.15) is 0 Å². The third kappa shape index (κ3) is 3.84. The van der Waals surface area contributed by atoms with Gasteiger partial charge in [-0.1, -0.05) is 22.9 Å². The Morgan fingerprint density at radius 3 is 2.57 bits per heavy atom. The summed E-state index contributed by atoms with van der Waals surface area (Å²) >= 11 is 3.13. The van der Waals surface area contributed by atoms with E-state index in [1.54, 1.807) is 4.99 Å². The second-order valence-corrected chi connectivity index (χ2v) is 1.85. The van der Waals surface area contributed by atoms with Gasteiger partial charge in [0.25, 0.3) is 0 Å². The SMILES string of the molecule is CCC(C)=C=CBr. The molecule has 7 heavy (non-hydrogen) atoms. The Hall–Kier alpha value is 0. The van der Waals surface area contributed by atoms with Crippen molar-refractivity contribution in [1.29, 1.82) is 0 Å². The van der Waals surface area contributed by atoms with Crippen molar-refractivity contribution in [2.75, 3.05) is 0 Å². The summed E-state index contributed by atoms with van der Waals surface area (Å²) in [6.45, 7) is 4.16. The minimum atomic E-state index is 1.09. The molecule has 0 aliphatic rings. The van der Waals surface area contributed by atoms with Gasteiger partial charge in [-0.15, -0.1) is 5.73 Å². The summed E-state index contributed by atoms with van der Waals surface area (Å²) in [7, 11) is 0. The quantitative estimate of drug-likeness (QED) is 0.518. The van der Waals surface area contributed by atoms with Gasteiger partial charge in [0.05, 0.1) is 0 Å². The van der Waals surface area contributed by atoms with Crippen molar-refractivity contribution in [3.63, 3.8) is 0 Å². The largest absolute Gasteiger partial charge is 0.114 e. The van der Waals surface area contributed by atoms with E-state index in [2.05, 4.69) is 35.5 Å². The Morgan fingerprint density at radius 2 is 2.43 bits per heavy atom. The zero-order valence-corrected chi connectivity index (χ0v) is 6.25. The lowest BCUT2D eigenvalue weighted by molar-refractivity contribution is 1.11. The van der Waals surface area contributed by atoms with E-state index in [4.69, 9.17) is 0 Å². The highest BCUT2D eigenvalue weighted by molar-refractivity contribution is 9.11. The molecular weight excluding hydrogens is 152 g/mol. The summed E-state index contributed by atoms with van der Waals surface area (Å²) < 4.78 is 0. The number of hydrogen-bond acceptors (Lipinski definition) is 0. The monoisotopic (exact) mass is 160 g/mol. The van der Waals surface area contributed by atoms with Gasteiger partial charge >= 0.3 is 0 Å². The Morgan fingerprint density at radius 1 is 1.86 bits per heavy atom. The smallest absolute Gasteiger partial charge is 0.0231 e.